The normalized spacial score (nSPS) is 10.4. The molecular formula is C14H14BrNO2S. The first-order chi connectivity index (χ1) is 9.06. The molecule has 1 N–H and O–H groups in total. The molecule has 0 amide bonds. The average Bonchev–Trinajstić information content (AvgIpc) is 2.88. The second-order valence-corrected chi connectivity index (χ2v) is 6.20. The summed E-state index contributed by atoms with van der Waals surface area (Å²) in [5.41, 5.74) is 1.20. The number of carboxylic acid groups (broad SMARTS) is 1. The molecule has 0 aliphatic heterocycles. The highest BCUT2D eigenvalue weighted by molar-refractivity contribution is 9.10. The Balaban J connectivity index is 2.09. The van der Waals surface area contributed by atoms with Gasteiger partial charge < -0.3 is 10.0 Å². The molecule has 2 rings (SSSR count). The van der Waals surface area contributed by atoms with Gasteiger partial charge in [-0.25, -0.2) is 4.79 Å². The van der Waals surface area contributed by atoms with Crippen molar-refractivity contribution in [3.05, 3.63) is 50.6 Å². The third kappa shape index (κ3) is 3.81. The molecule has 0 unspecified atom stereocenters. The van der Waals surface area contributed by atoms with Gasteiger partial charge in [-0.3, -0.25) is 0 Å². The van der Waals surface area contributed by atoms with Crippen molar-refractivity contribution in [2.75, 3.05) is 18.5 Å². The number of anilines is 1. The van der Waals surface area contributed by atoms with E-state index in [2.05, 4.69) is 32.3 Å². The number of benzene rings is 1. The van der Waals surface area contributed by atoms with Gasteiger partial charge in [-0.1, -0.05) is 22.0 Å². The molecule has 0 saturated carbocycles. The van der Waals surface area contributed by atoms with Gasteiger partial charge in [0.2, 0.25) is 0 Å². The van der Waals surface area contributed by atoms with E-state index in [0.29, 0.717) is 5.56 Å². The molecule has 1 heterocycles. The van der Waals surface area contributed by atoms with Gasteiger partial charge in [0.05, 0.1) is 5.56 Å². The van der Waals surface area contributed by atoms with Crippen LogP contribution in [0.1, 0.15) is 15.2 Å². The highest BCUT2D eigenvalue weighted by atomic mass is 79.9. The van der Waals surface area contributed by atoms with Crippen molar-refractivity contribution < 1.29 is 9.90 Å². The number of likely N-dealkylation sites (N-methyl/N-ethyl adjacent to an activating group) is 1. The molecule has 0 atom stereocenters. The van der Waals surface area contributed by atoms with E-state index < -0.39 is 5.97 Å². The summed E-state index contributed by atoms with van der Waals surface area (Å²) in [5, 5.41) is 11.1. The SMILES string of the molecule is CN(CCc1cccs1)c1cc(Br)cc(C(=O)O)c1. The van der Waals surface area contributed by atoms with E-state index in [1.165, 1.54) is 4.88 Å². The zero-order chi connectivity index (χ0) is 13.8. The number of aromatic carboxylic acids is 1. The lowest BCUT2D eigenvalue weighted by Crippen LogP contribution is -2.20. The average molecular weight is 340 g/mol. The molecule has 2 aromatic rings. The number of hydrogen-bond donors (Lipinski definition) is 1. The second kappa shape index (κ2) is 6.21. The number of halogens is 1. The lowest BCUT2D eigenvalue weighted by atomic mass is 10.2. The Labute approximate surface area is 124 Å². The maximum absolute atomic E-state index is 11.0. The smallest absolute Gasteiger partial charge is 0.335 e. The summed E-state index contributed by atoms with van der Waals surface area (Å²) in [7, 11) is 1.97. The van der Waals surface area contributed by atoms with E-state index in [-0.39, 0.29) is 0 Å². The Morgan fingerprint density at radius 3 is 2.84 bits per heavy atom. The van der Waals surface area contributed by atoms with Crippen LogP contribution in [0.25, 0.3) is 0 Å². The summed E-state index contributed by atoms with van der Waals surface area (Å²) in [6.07, 6.45) is 0.961. The lowest BCUT2D eigenvalue weighted by Gasteiger charge is -2.19. The summed E-state index contributed by atoms with van der Waals surface area (Å²) >= 11 is 5.09. The van der Waals surface area contributed by atoms with Crippen molar-refractivity contribution in [3.8, 4) is 0 Å². The monoisotopic (exact) mass is 339 g/mol. The first-order valence-corrected chi connectivity index (χ1v) is 7.51. The van der Waals surface area contributed by atoms with E-state index in [4.69, 9.17) is 5.11 Å². The van der Waals surface area contributed by atoms with Crippen molar-refractivity contribution in [2.24, 2.45) is 0 Å². The van der Waals surface area contributed by atoms with Gasteiger partial charge in [0.1, 0.15) is 0 Å². The minimum atomic E-state index is -0.908. The first kappa shape index (κ1) is 14.1. The fourth-order valence-electron chi connectivity index (χ4n) is 1.78. The van der Waals surface area contributed by atoms with Crippen molar-refractivity contribution in [2.45, 2.75) is 6.42 Å². The molecule has 5 heteroatoms. The van der Waals surface area contributed by atoms with Crippen LogP contribution in [0.5, 0.6) is 0 Å². The van der Waals surface area contributed by atoms with Crippen molar-refractivity contribution in [1.82, 2.24) is 0 Å². The molecule has 100 valence electrons. The quantitative estimate of drug-likeness (QED) is 0.898. The van der Waals surface area contributed by atoms with E-state index >= 15 is 0 Å². The maximum Gasteiger partial charge on any atom is 0.335 e. The van der Waals surface area contributed by atoms with Gasteiger partial charge in [-0.05, 0) is 36.1 Å². The summed E-state index contributed by atoms with van der Waals surface area (Å²) < 4.78 is 0.783. The van der Waals surface area contributed by atoms with Gasteiger partial charge >= 0.3 is 5.97 Å². The van der Waals surface area contributed by atoms with Crippen LogP contribution in [0.4, 0.5) is 5.69 Å². The van der Waals surface area contributed by atoms with E-state index in [9.17, 15) is 4.79 Å². The molecule has 19 heavy (non-hydrogen) atoms. The zero-order valence-electron chi connectivity index (χ0n) is 10.5. The van der Waals surface area contributed by atoms with Crippen LogP contribution in [-0.4, -0.2) is 24.7 Å². The van der Waals surface area contributed by atoms with E-state index in [0.717, 1.165) is 23.1 Å². The molecule has 0 aliphatic carbocycles. The highest BCUT2D eigenvalue weighted by Gasteiger charge is 2.09. The molecule has 1 aromatic carbocycles. The molecule has 0 fully saturated rings. The minimum Gasteiger partial charge on any atom is -0.478 e. The molecule has 0 bridgehead atoms. The van der Waals surface area contributed by atoms with Crippen LogP contribution in [0.15, 0.2) is 40.2 Å². The summed E-state index contributed by atoms with van der Waals surface area (Å²) in [4.78, 5) is 14.4. The molecule has 0 saturated heterocycles. The highest BCUT2D eigenvalue weighted by Crippen LogP contribution is 2.23. The van der Waals surface area contributed by atoms with Crippen LogP contribution in [-0.2, 0) is 6.42 Å². The Morgan fingerprint density at radius 2 is 2.21 bits per heavy atom. The standard InChI is InChI=1S/C14H14BrNO2S/c1-16(5-4-13-3-2-6-19-13)12-8-10(14(17)18)7-11(15)9-12/h2-3,6-9H,4-5H2,1H3,(H,17,18). The van der Waals surface area contributed by atoms with Crippen molar-refractivity contribution >= 4 is 38.9 Å². The first-order valence-electron chi connectivity index (χ1n) is 5.83. The predicted octanol–water partition coefficient (Wildman–Crippen LogP) is 3.89. The molecular weight excluding hydrogens is 326 g/mol. The summed E-state index contributed by atoms with van der Waals surface area (Å²) in [5.74, 6) is -0.908. The Kier molecular flexibility index (Phi) is 4.61. The van der Waals surface area contributed by atoms with E-state index in [1.807, 2.05) is 19.2 Å². The number of nitrogens with zero attached hydrogens (tertiary/aromatic N) is 1. The Bertz CT molecular complexity index is 569. The fraction of sp³-hybridized carbons (Fsp3) is 0.214. The van der Waals surface area contributed by atoms with Gasteiger partial charge in [0.25, 0.3) is 0 Å². The third-order valence-electron chi connectivity index (χ3n) is 2.84. The molecule has 3 nitrogen and oxygen atoms in total. The number of rotatable bonds is 5. The van der Waals surface area contributed by atoms with Crippen LogP contribution >= 0.6 is 27.3 Å². The van der Waals surface area contributed by atoms with Gasteiger partial charge in [0, 0.05) is 28.6 Å². The van der Waals surface area contributed by atoms with Crippen LogP contribution in [0.2, 0.25) is 0 Å². The maximum atomic E-state index is 11.0. The topological polar surface area (TPSA) is 40.5 Å². The minimum absolute atomic E-state index is 0.298. The lowest BCUT2D eigenvalue weighted by molar-refractivity contribution is 0.0697. The van der Waals surface area contributed by atoms with Crippen LogP contribution in [0.3, 0.4) is 0 Å². The van der Waals surface area contributed by atoms with Crippen LogP contribution < -0.4 is 4.90 Å². The molecule has 0 radical (unpaired) electrons. The van der Waals surface area contributed by atoms with Crippen molar-refractivity contribution in [1.29, 1.82) is 0 Å². The molecule has 0 aliphatic rings. The summed E-state index contributed by atoms with van der Waals surface area (Å²) in [6.45, 7) is 0.857. The van der Waals surface area contributed by atoms with Crippen LogP contribution in [0, 0.1) is 0 Å². The Morgan fingerprint density at radius 1 is 1.42 bits per heavy atom. The largest absolute Gasteiger partial charge is 0.478 e. The molecule has 1 aromatic heterocycles. The number of carbonyl (C=O) groups is 1. The van der Waals surface area contributed by atoms with Gasteiger partial charge in [-0.15, -0.1) is 11.3 Å². The fourth-order valence-corrected chi connectivity index (χ4v) is 2.96. The number of hydrogen-bond acceptors (Lipinski definition) is 3. The zero-order valence-corrected chi connectivity index (χ0v) is 12.9. The Hall–Kier alpha value is -1.33. The predicted molar refractivity (Wildman–Crippen MR) is 82.4 cm³/mol. The van der Waals surface area contributed by atoms with Crippen molar-refractivity contribution in [3.63, 3.8) is 0 Å². The molecule has 0 spiro atoms. The van der Waals surface area contributed by atoms with Gasteiger partial charge in [-0.2, -0.15) is 0 Å². The van der Waals surface area contributed by atoms with Gasteiger partial charge in [0.15, 0.2) is 0 Å². The van der Waals surface area contributed by atoms with E-state index in [1.54, 1.807) is 23.5 Å². The third-order valence-corrected chi connectivity index (χ3v) is 4.24. The number of carboxylic acids is 1. The number of thiophene rings is 1. The summed E-state index contributed by atoms with van der Waals surface area (Å²) in [6, 6.07) is 9.39. The second-order valence-electron chi connectivity index (χ2n) is 4.25.